The van der Waals surface area contributed by atoms with Crippen molar-refractivity contribution in [1.29, 1.82) is 0 Å². The second-order valence-corrected chi connectivity index (χ2v) is 9.40. The minimum absolute atomic E-state index is 0.113. The summed E-state index contributed by atoms with van der Waals surface area (Å²) in [5, 5.41) is 7.46. The number of esters is 1. The summed E-state index contributed by atoms with van der Waals surface area (Å²) < 4.78 is 5.29. The average molecular weight is 473 g/mol. The number of fused-ring (bicyclic) bond motifs is 1. The molecule has 0 spiro atoms. The molecule has 9 heteroatoms. The van der Waals surface area contributed by atoms with Crippen molar-refractivity contribution in [2.75, 3.05) is 6.61 Å². The summed E-state index contributed by atoms with van der Waals surface area (Å²) in [6.07, 6.45) is 5.42. The Morgan fingerprint density at radius 1 is 1.24 bits per heavy atom. The van der Waals surface area contributed by atoms with E-state index in [0.29, 0.717) is 27.5 Å². The van der Waals surface area contributed by atoms with E-state index >= 15 is 0 Å². The number of nitrogens with one attached hydrogen (secondary N) is 2. The first-order valence-corrected chi connectivity index (χ1v) is 11.6. The van der Waals surface area contributed by atoms with Crippen LogP contribution in [0.4, 0.5) is 0 Å². The molecule has 2 atom stereocenters. The van der Waals surface area contributed by atoms with Gasteiger partial charge in [0.15, 0.2) is 5.11 Å². The van der Waals surface area contributed by atoms with Crippen molar-refractivity contribution in [2.45, 2.75) is 44.3 Å². The lowest BCUT2D eigenvalue weighted by molar-refractivity contribution is -0.139. The van der Waals surface area contributed by atoms with E-state index in [9.17, 15) is 9.59 Å². The van der Waals surface area contributed by atoms with Crippen molar-refractivity contribution in [1.82, 2.24) is 10.6 Å². The molecule has 0 saturated heterocycles. The van der Waals surface area contributed by atoms with Crippen LogP contribution >= 0.6 is 47.2 Å². The van der Waals surface area contributed by atoms with E-state index in [1.807, 2.05) is 0 Å². The van der Waals surface area contributed by atoms with Gasteiger partial charge in [-0.1, -0.05) is 42.5 Å². The number of thioether (sulfide) groups is 1. The molecule has 0 aromatic heterocycles. The summed E-state index contributed by atoms with van der Waals surface area (Å²) in [5.41, 5.74) is 0.911. The fraction of sp³-hybridized carbons (Fsp3) is 0.450. The number of hydrogen-bond donors (Lipinski definition) is 2. The first-order valence-electron chi connectivity index (χ1n) is 9.56. The maximum absolute atomic E-state index is 12.6. The molecular formula is C20H22Cl2N2O3S2. The Morgan fingerprint density at radius 3 is 2.72 bits per heavy atom. The molecule has 1 amide bonds. The van der Waals surface area contributed by atoms with Crippen molar-refractivity contribution in [3.63, 3.8) is 0 Å². The number of benzene rings is 1. The van der Waals surface area contributed by atoms with Gasteiger partial charge in [0.25, 0.3) is 5.91 Å². The van der Waals surface area contributed by atoms with Gasteiger partial charge in [0, 0.05) is 16.2 Å². The highest BCUT2D eigenvalue weighted by Crippen LogP contribution is 2.47. The third-order valence-electron chi connectivity index (χ3n) is 4.96. The third kappa shape index (κ3) is 5.45. The maximum Gasteiger partial charge on any atom is 0.336 e. The van der Waals surface area contributed by atoms with Gasteiger partial charge in [0.2, 0.25) is 0 Å². The van der Waals surface area contributed by atoms with Crippen LogP contribution in [-0.2, 0) is 9.53 Å². The summed E-state index contributed by atoms with van der Waals surface area (Å²) in [6.45, 7) is 2.10. The summed E-state index contributed by atoms with van der Waals surface area (Å²) in [4.78, 5) is 25.1. The Hall–Kier alpha value is -1.28. The van der Waals surface area contributed by atoms with Crippen LogP contribution in [0.3, 0.4) is 0 Å². The van der Waals surface area contributed by atoms with Crippen LogP contribution in [0.25, 0.3) is 0 Å². The van der Waals surface area contributed by atoms with Gasteiger partial charge in [-0.3, -0.25) is 10.1 Å². The van der Waals surface area contributed by atoms with E-state index in [0.717, 1.165) is 25.7 Å². The summed E-state index contributed by atoms with van der Waals surface area (Å²) in [7, 11) is 0. The molecule has 1 saturated carbocycles. The molecule has 2 N–H and O–H groups in total. The first kappa shape index (κ1) is 22.4. The predicted molar refractivity (Wildman–Crippen MR) is 121 cm³/mol. The highest BCUT2D eigenvalue weighted by molar-refractivity contribution is 8.04. The van der Waals surface area contributed by atoms with E-state index in [-0.39, 0.29) is 27.6 Å². The lowest BCUT2D eigenvalue weighted by atomic mass is 9.92. The zero-order valence-electron chi connectivity index (χ0n) is 15.9. The molecule has 5 nitrogen and oxygen atoms in total. The fourth-order valence-electron chi connectivity index (χ4n) is 3.66. The normalized spacial score (nSPS) is 21.2. The predicted octanol–water partition coefficient (Wildman–Crippen LogP) is 5.07. The van der Waals surface area contributed by atoms with Gasteiger partial charge in [-0.15, -0.1) is 11.8 Å². The van der Waals surface area contributed by atoms with E-state index in [1.54, 1.807) is 24.8 Å². The number of ether oxygens (including phenoxy) is 1. The number of rotatable bonds is 4. The van der Waals surface area contributed by atoms with Crippen LogP contribution in [0, 0.1) is 5.92 Å². The largest absolute Gasteiger partial charge is 0.463 e. The average Bonchev–Trinajstić information content (AvgIpc) is 2.82. The molecule has 0 bridgehead atoms. The van der Waals surface area contributed by atoms with E-state index < -0.39 is 5.91 Å². The Labute approximate surface area is 189 Å². The Balaban J connectivity index is 1.75. The molecule has 0 unspecified atom stereocenters. The van der Waals surface area contributed by atoms with Crippen LogP contribution in [0.2, 0.25) is 10.0 Å². The lowest BCUT2D eigenvalue weighted by Gasteiger charge is -2.17. The maximum atomic E-state index is 12.6. The minimum Gasteiger partial charge on any atom is -0.463 e. The van der Waals surface area contributed by atoms with Crippen LogP contribution in [0.5, 0.6) is 0 Å². The highest BCUT2D eigenvalue weighted by atomic mass is 35.5. The summed E-state index contributed by atoms with van der Waals surface area (Å²) in [6, 6.07) is 4.62. The number of amides is 1. The zero-order chi connectivity index (χ0) is 21.0. The quantitative estimate of drug-likeness (QED) is 0.470. The Morgan fingerprint density at radius 2 is 2.00 bits per heavy atom. The van der Waals surface area contributed by atoms with Gasteiger partial charge >= 0.3 is 5.97 Å². The molecule has 1 heterocycles. The number of carbonyl (C=O) groups is 2. The molecule has 1 aliphatic heterocycles. The van der Waals surface area contributed by atoms with E-state index in [2.05, 4.69) is 10.6 Å². The number of thiocarbonyl (C=S) groups is 1. The molecule has 156 valence electrons. The number of hydrogen-bond acceptors (Lipinski definition) is 5. The number of carbonyl (C=O) groups excluding carboxylic acids is 2. The Kier molecular flexibility index (Phi) is 7.85. The molecule has 1 aromatic carbocycles. The van der Waals surface area contributed by atoms with Crippen molar-refractivity contribution < 1.29 is 14.3 Å². The van der Waals surface area contributed by atoms with Gasteiger partial charge < -0.3 is 10.1 Å². The van der Waals surface area contributed by atoms with E-state index in [4.69, 9.17) is 40.2 Å². The Bertz CT molecular complexity index is 860. The fourth-order valence-corrected chi connectivity index (χ4v) is 5.96. The van der Waals surface area contributed by atoms with Gasteiger partial charge in [-0.05, 0) is 50.2 Å². The van der Waals surface area contributed by atoms with Crippen LogP contribution < -0.4 is 10.6 Å². The second-order valence-electron chi connectivity index (χ2n) is 6.90. The topological polar surface area (TPSA) is 67.4 Å². The van der Waals surface area contributed by atoms with Crippen LogP contribution in [-0.4, -0.2) is 28.8 Å². The zero-order valence-corrected chi connectivity index (χ0v) is 19.1. The second kappa shape index (κ2) is 10.2. The van der Waals surface area contributed by atoms with Gasteiger partial charge in [-0.25, -0.2) is 4.79 Å². The SMILES string of the molecule is CCOC(=O)C1=C(NC(=S)NC(=O)c2ccc(Cl)cc2Cl)S[C@H]2CCCCC[C@H]12. The lowest BCUT2D eigenvalue weighted by Crippen LogP contribution is -2.38. The molecule has 1 fully saturated rings. The third-order valence-corrected chi connectivity index (χ3v) is 7.14. The minimum atomic E-state index is -0.445. The number of halogens is 2. The molecule has 1 aliphatic carbocycles. The summed E-state index contributed by atoms with van der Waals surface area (Å²) in [5.74, 6) is -0.611. The molecule has 29 heavy (non-hydrogen) atoms. The van der Waals surface area contributed by atoms with Gasteiger partial charge in [0.1, 0.15) is 0 Å². The summed E-state index contributed by atoms with van der Waals surface area (Å²) >= 11 is 18.9. The molecule has 1 aromatic rings. The van der Waals surface area contributed by atoms with Crippen molar-refractivity contribution in [2.24, 2.45) is 5.92 Å². The van der Waals surface area contributed by atoms with Gasteiger partial charge in [-0.2, -0.15) is 0 Å². The highest BCUT2D eigenvalue weighted by Gasteiger charge is 2.40. The van der Waals surface area contributed by atoms with Crippen LogP contribution in [0.1, 0.15) is 49.4 Å². The molecular weight excluding hydrogens is 451 g/mol. The standard InChI is InChI=1S/C20H22Cl2N2O3S2/c1-2-27-19(26)16-13-6-4-3-5-7-15(13)29-18(16)24-20(28)23-17(25)12-9-8-11(21)10-14(12)22/h8-10,13,15H,2-7H2,1H3,(H2,23,24,25,28)/t13-,15-/m0/s1. The van der Waals surface area contributed by atoms with Crippen molar-refractivity contribution >= 4 is 64.2 Å². The monoisotopic (exact) mass is 472 g/mol. The first-order chi connectivity index (χ1) is 13.9. The smallest absolute Gasteiger partial charge is 0.336 e. The van der Waals surface area contributed by atoms with Crippen molar-refractivity contribution in [3.8, 4) is 0 Å². The van der Waals surface area contributed by atoms with Crippen molar-refractivity contribution in [3.05, 3.63) is 44.4 Å². The molecule has 0 radical (unpaired) electrons. The van der Waals surface area contributed by atoms with Gasteiger partial charge in [0.05, 0.1) is 27.8 Å². The van der Waals surface area contributed by atoms with E-state index in [1.165, 1.54) is 18.6 Å². The molecule has 2 aliphatic rings. The molecule has 3 rings (SSSR count). The van der Waals surface area contributed by atoms with Crippen LogP contribution in [0.15, 0.2) is 28.8 Å².